The third kappa shape index (κ3) is 3.45. The van der Waals surface area contributed by atoms with Crippen LogP contribution in [0.1, 0.15) is 18.5 Å². The predicted octanol–water partition coefficient (Wildman–Crippen LogP) is 2.19. The number of carbonyl (C=O) groups excluding carboxylic acids is 3. The zero-order chi connectivity index (χ0) is 18.0. The highest BCUT2D eigenvalue weighted by Crippen LogP contribution is 2.23. The Balaban J connectivity index is 1.74. The Hall–Kier alpha value is -2.95. The number of hydrogen-bond acceptors (Lipinski definition) is 3. The van der Waals surface area contributed by atoms with E-state index in [-0.39, 0.29) is 12.6 Å². The fraction of sp³-hybridized carbons (Fsp3) is 0.250. The predicted molar refractivity (Wildman–Crippen MR) is 94.6 cm³/mol. The van der Waals surface area contributed by atoms with Crippen molar-refractivity contribution < 1.29 is 14.4 Å². The van der Waals surface area contributed by atoms with Crippen LogP contribution in [0, 0.1) is 5.92 Å². The van der Waals surface area contributed by atoms with Gasteiger partial charge in [0.05, 0.1) is 6.04 Å². The van der Waals surface area contributed by atoms with Gasteiger partial charge in [-0.25, -0.2) is 0 Å². The van der Waals surface area contributed by atoms with Crippen LogP contribution in [0.2, 0.25) is 0 Å². The Morgan fingerprint density at radius 1 is 1.08 bits per heavy atom. The summed E-state index contributed by atoms with van der Waals surface area (Å²) in [5, 5.41) is 2.85. The van der Waals surface area contributed by atoms with Crippen LogP contribution >= 0.6 is 0 Å². The second kappa shape index (κ2) is 6.89. The van der Waals surface area contributed by atoms with Gasteiger partial charge in [-0.1, -0.05) is 48.5 Å². The van der Waals surface area contributed by atoms with Crippen LogP contribution in [-0.2, 0) is 14.4 Å². The smallest absolute Gasteiger partial charge is 0.290 e. The SMILES string of the molecule is C[C@@H](NC(=O)C1CN(C)C(=O)C1=O)c1cccc(-c2ccccc2)c1. The topological polar surface area (TPSA) is 66.5 Å². The van der Waals surface area contributed by atoms with Gasteiger partial charge in [0, 0.05) is 13.6 Å². The summed E-state index contributed by atoms with van der Waals surface area (Å²) in [6.07, 6.45) is 0. The Kier molecular flexibility index (Phi) is 4.65. The first-order valence-electron chi connectivity index (χ1n) is 8.22. The summed E-state index contributed by atoms with van der Waals surface area (Å²) in [5.41, 5.74) is 3.10. The summed E-state index contributed by atoms with van der Waals surface area (Å²) < 4.78 is 0. The molecule has 3 rings (SSSR count). The minimum Gasteiger partial charge on any atom is -0.349 e. The highest BCUT2D eigenvalue weighted by atomic mass is 16.2. The molecule has 2 atom stereocenters. The summed E-state index contributed by atoms with van der Waals surface area (Å²) in [6.45, 7) is 2.01. The number of carbonyl (C=O) groups is 3. The lowest BCUT2D eigenvalue weighted by molar-refractivity contribution is -0.142. The molecule has 1 aliphatic rings. The summed E-state index contributed by atoms with van der Waals surface area (Å²) in [6, 6.07) is 17.6. The zero-order valence-corrected chi connectivity index (χ0v) is 14.2. The van der Waals surface area contributed by atoms with Crippen LogP contribution in [0.3, 0.4) is 0 Å². The summed E-state index contributed by atoms with van der Waals surface area (Å²) in [7, 11) is 1.53. The Labute approximate surface area is 146 Å². The maximum absolute atomic E-state index is 12.4. The van der Waals surface area contributed by atoms with Crippen molar-refractivity contribution in [3.8, 4) is 11.1 Å². The Morgan fingerprint density at radius 2 is 1.76 bits per heavy atom. The number of nitrogens with one attached hydrogen (secondary N) is 1. The van der Waals surface area contributed by atoms with Crippen LogP contribution in [0.15, 0.2) is 54.6 Å². The van der Waals surface area contributed by atoms with Gasteiger partial charge in [-0.2, -0.15) is 0 Å². The largest absolute Gasteiger partial charge is 0.349 e. The molecule has 0 aliphatic carbocycles. The van der Waals surface area contributed by atoms with Crippen LogP contribution in [0.25, 0.3) is 11.1 Å². The molecule has 5 heteroatoms. The second-order valence-corrected chi connectivity index (χ2v) is 6.32. The molecule has 2 aromatic carbocycles. The van der Waals surface area contributed by atoms with E-state index in [0.29, 0.717) is 0 Å². The van der Waals surface area contributed by atoms with Gasteiger partial charge < -0.3 is 10.2 Å². The molecule has 0 saturated carbocycles. The van der Waals surface area contributed by atoms with E-state index in [1.165, 1.54) is 11.9 Å². The third-order valence-electron chi connectivity index (χ3n) is 4.50. The van der Waals surface area contributed by atoms with E-state index in [4.69, 9.17) is 0 Å². The van der Waals surface area contributed by atoms with Crippen molar-refractivity contribution in [2.24, 2.45) is 5.92 Å². The first kappa shape index (κ1) is 16.9. The van der Waals surface area contributed by atoms with E-state index in [1.807, 2.05) is 61.5 Å². The summed E-state index contributed by atoms with van der Waals surface area (Å²) in [4.78, 5) is 37.1. The quantitative estimate of drug-likeness (QED) is 0.687. The van der Waals surface area contributed by atoms with Crippen molar-refractivity contribution in [1.82, 2.24) is 10.2 Å². The molecule has 1 unspecified atom stereocenters. The third-order valence-corrected chi connectivity index (χ3v) is 4.50. The van der Waals surface area contributed by atoms with Crippen molar-refractivity contribution in [1.29, 1.82) is 0 Å². The molecule has 1 heterocycles. The molecule has 0 spiro atoms. The fourth-order valence-corrected chi connectivity index (χ4v) is 2.99. The molecule has 1 N–H and O–H groups in total. The first-order chi connectivity index (χ1) is 12.0. The van der Waals surface area contributed by atoms with Gasteiger partial charge in [-0.15, -0.1) is 0 Å². The van der Waals surface area contributed by atoms with Crippen LogP contribution < -0.4 is 5.32 Å². The van der Waals surface area contributed by atoms with E-state index in [2.05, 4.69) is 5.32 Å². The van der Waals surface area contributed by atoms with Crippen molar-refractivity contribution in [2.45, 2.75) is 13.0 Å². The van der Waals surface area contributed by atoms with Gasteiger partial charge in [0.2, 0.25) is 11.7 Å². The van der Waals surface area contributed by atoms with E-state index < -0.39 is 23.5 Å². The molecular weight excluding hydrogens is 316 g/mol. The van der Waals surface area contributed by atoms with Gasteiger partial charge in [0.15, 0.2) is 0 Å². The summed E-state index contributed by atoms with van der Waals surface area (Å²) >= 11 is 0. The van der Waals surface area contributed by atoms with Gasteiger partial charge in [-0.3, -0.25) is 14.4 Å². The molecule has 0 aromatic heterocycles. The number of rotatable bonds is 4. The van der Waals surface area contributed by atoms with Crippen LogP contribution in [-0.4, -0.2) is 36.1 Å². The average molecular weight is 336 g/mol. The minimum atomic E-state index is -0.919. The normalized spacial score (nSPS) is 18.3. The number of likely N-dealkylation sites (N-methyl/N-ethyl adjacent to an activating group) is 1. The molecule has 25 heavy (non-hydrogen) atoms. The van der Waals surface area contributed by atoms with E-state index >= 15 is 0 Å². The molecule has 128 valence electrons. The number of benzene rings is 2. The van der Waals surface area contributed by atoms with Gasteiger partial charge >= 0.3 is 0 Å². The lowest BCUT2D eigenvalue weighted by Gasteiger charge is -2.17. The number of hydrogen-bond donors (Lipinski definition) is 1. The molecule has 0 bridgehead atoms. The molecular formula is C20H20N2O3. The van der Waals surface area contributed by atoms with E-state index in [0.717, 1.165) is 16.7 Å². The lowest BCUT2D eigenvalue weighted by Crippen LogP contribution is -2.37. The van der Waals surface area contributed by atoms with Crippen molar-refractivity contribution in [3.05, 3.63) is 60.2 Å². The van der Waals surface area contributed by atoms with E-state index in [1.54, 1.807) is 0 Å². The minimum absolute atomic E-state index is 0.139. The highest BCUT2D eigenvalue weighted by Gasteiger charge is 2.41. The molecule has 5 nitrogen and oxygen atoms in total. The Morgan fingerprint density at radius 3 is 2.40 bits per heavy atom. The number of amides is 2. The highest BCUT2D eigenvalue weighted by molar-refractivity contribution is 6.42. The maximum Gasteiger partial charge on any atom is 0.290 e. The summed E-state index contributed by atoms with van der Waals surface area (Å²) in [5.74, 6) is -2.55. The molecule has 1 aliphatic heterocycles. The molecule has 1 saturated heterocycles. The van der Waals surface area contributed by atoms with E-state index in [9.17, 15) is 14.4 Å². The number of likely N-dealkylation sites (tertiary alicyclic amines) is 1. The molecule has 0 radical (unpaired) electrons. The van der Waals surface area contributed by atoms with Crippen molar-refractivity contribution >= 4 is 17.6 Å². The number of Topliss-reactive ketones (excluding diaryl/α,β-unsaturated/α-hetero) is 1. The van der Waals surface area contributed by atoms with Crippen molar-refractivity contribution in [2.75, 3.05) is 13.6 Å². The van der Waals surface area contributed by atoms with Crippen LogP contribution in [0.4, 0.5) is 0 Å². The molecule has 2 aromatic rings. The van der Waals surface area contributed by atoms with Gasteiger partial charge in [0.25, 0.3) is 5.91 Å². The van der Waals surface area contributed by atoms with Gasteiger partial charge in [-0.05, 0) is 29.7 Å². The maximum atomic E-state index is 12.4. The first-order valence-corrected chi connectivity index (χ1v) is 8.22. The number of nitrogens with zero attached hydrogens (tertiary/aromatic N) is 1. The number of ketones is 1. The van der Waals surface area contributed by atoms with Gasteiger partial charge in [0.1, 0.15) is 5.92 Å². The van der Waals surface area contributed by atoms with Crippen LogP contribution in [0.5, 0.6) is 0 Å². The fourth-order valence-electron chi connectivity index (χ4n) is 2.99. The molecule has 2 amide bonds. The lowest BCUT2D eigenvalue weighted by atomic mass is 9.99. The van der Waals surface area contributed by atoms with Crippen molar-refractivity contribution in [3.63, 3.8) is 0 Å². The Bertz CT molecular complexity index is 817. The monoisotopic (exact) mass is 336 g/mol. The zero-order valence-electron chi connectivity index (χ0n) is 14.2. The molecule has 1 fully saturated rings. The second-order valence-electron chi connectivity index (χ2n) is 6.32. The average Bonchev–Trinajstić information content (AvgIpc) is 2.90. The standard InChI is InChI=1S/C20H20N2O3/c1-13(21-19(24)17-12-22(2)20(25)18(17)23)15-9-6-10-16(11-15)14-7-4-3-5-8-14/h3-11,13,17H,12H2,1-2H3,(H,21,24)/t13-,17?/m1/s1.